The van der Waals surface area contributed by atoms with E-state index in [9.17, 15) is 0 Å². The molecule has 0 heterocycles. The first-order chi connectivity index (χ1) is 6.22. The van der Waals surface area contributed by atoms with E-state index >= 15 is 0 Å². The summed E-state index contributed by atoms with van der Waals surface area (Å²) in [6.45, 7) is 10.7. The Labute approximate surface area is 80.8 Å². The lowest BCUT2D eigenvalue weighted by molar-refractivity contribution is 0.919. The highest BCUT2D eigenvalue weighted by Crippen LogP contribution is 1.96. The number of hydrogen-bond acceptors (Lipinski definition) is 2. The topological polar surface area (TPSA) is 24.4 Å². The molecular weight excluding hydrogens is 160 g/mol. The highest BCUT2D eigenvalue weighted by molar-refractivity contribution is 6.00. The molecule has 0 aromatic heterocycles. The standard InChI is InChI=1S/C11H18N2/c1-5-8-13-11(4)10(3)7-9-12-6-2/h5,7-9,12H,3,6H2,1-2,4H3/b8-5-,9-7-,13-11?. The highest BCUT2D eigenvalue weighted by Gasteiger charge is 1.90. The van der Waals surface area contributed by atoms with Crippen molar-refractivity contribution < 1.29 is 0 Å². The van der Waals surface area contributed by atoms with Gasteiger partial charge in [-0.25, -0.2) is 0 Å². The molecule has 2 nitrogen and oxygen atoms in total. The van der Waals surface area contributed by atoms with Crippen molar-refractivity contribution in [1.82, 2.24) is 5.32 Å². The van der Waals surface area contributed by atoms with E-state index in [0.29, 0.717) is 0 Å². The largest absolute Gasteiger partial charge is 0.391 e. The van der Waals surface area contributed by atoms with Crippen LogP contribution in [0.1, 0.15) is 20.8 Å². The fraction of sp³-hybridized carbons (Fsp3) is 0.364. The predicted octanol–water partition coefficient (Wildman–Crippen LogP) is 2.66. The second kappa shape index (κ2) is 7.35. The average Bonchev–Trinajstić information content (AvgIpc) is 2.14. The molecule has 0 aromatic rings. The lowest BCUT2D eigenvalue weighted by atomic mass is 10.2. The zero-order valence-corrected chi connectivity index (χ0v) is 8.67. The maximum absolute atomic E-state index is 4.18. The van der Waals surface area contributed by atoms with Crippen LogP contribution in [0.4, 0.5) is 0 Å². The third-order valence-corrected chi connectivity index (χ3v) is 1.49. The molecule has 72 valence electrons. The Bertz CT molecular complexity index is 234. The van der Waals surface area contributed by atoms with Crippen molar-refractivity contribution in [3.05, 3.63) is 36.7 Å². The van der Waals surface area contributed by atoms with E-state index in [2.05, 4.69) is 16.9 Å². The van der Waals surface area contributed by atoms with Gasteiger partial charge in [-0.15, -0.1) is 0 Å². The maximum Gasteiger partial charge on any atom is 0.0439 e. The summed E-state index contributed by atoms with van der Waals surface area (Å²) in [5.74, 6) is 0. The quantitative estimate of drug-likeness (QED) is 0.508. The van der Waals surface area contributed by atoms with Crippen LogP contribution in [-0.4, -0.2) is 12.3 Å². The lowest BCUT2D eigenvalue weighted by Crippen LogP contribution is -2.02. The van der Waals surface area contributed by atoms with Crippen LogP contribution in [0.2, 0.25) is 0 Å². The summed E-state index contributed by atoms with van der Waals surface area (Å²) in [4.78, 5) is 4.18. The third-order valence-electron chi connectivity index (χ3n) is 1.49. The Hall–Kier alpha value is -1.31. The van der Waals surface area contributed by atoms with E-state index in [1.807, 2.05) is 39.1 Å². The van der Waals surface area contributed by atoms with Gasteiger partial charge in [0.1, 0.15) is 0 Å². The average molecular weight is 178 g/mol. The van der Waals surface area contributed by atoms with E-state index in [1.165, 1.54) is 0 Å². The van der Waals surface area contributed by atoms with Gasteiger partial charge in [0, 0.05) is 18.5 Å². The summed E-state index contributed by atoms with van der Waals surface area (Å²) in [7, 11) is 0. The van der Waals surface area contributed by atoms with Crippen molar-refractivity contribution in [2.45, 2.75) is 20.8 Å². The molecule has 0 rings (SSSR count). The molecule has 0 aliphatic heterocycles. The van der Waals surface area contributed by atoms with Crippen molar-refractivity contribution >= 4 is 5.71 Å². The number of aliphatic imine (C=N–C) groups is 1. The summed E-state index contributed by atoms with van der Waals surface area (Å²) >= 11 is 0. The van der Waals surface area contributed by atoms with Crippen LogP contribution in [0.25, 0.3) is 0 Å². The molecule has 0 bridgehead atoms. The predicted molar refractivity (Wildman–Crippen MR) is 59.9 cm³/mol. The lowest BCUT2D eigenvalue weighted by Gasteiger charge is -1.97. The van der Waals surface area contributed by atoms with Crippen molar-refractivity contribution in [2.75, 3.05) is 6.54 Å². The molecule has 0 amide bonds. The van der Waals surface area contributed by atoms with Gasteiger partial charge in [-0.1, -0.05) is 12.7 Å². The molecule has 0 aliphatic carbocycles. The van der Waals surface area contributed by atoms with Gasteiger partial charge in [0.2, 0.25) is 0 Å². The molecule has 13 heavy (non-hydrogen) atoms. The van der Waals surface area contributed by atoms with Crippen LogP contribution >= 0.6 is 0 Å². The van der Waals surface area contributed by atoms with E-state index < -0.39 is 0 Å². The molecule has 0 aromatic carbocycles. The fourth-order valence-electron chi connectivity index (χ4n) is 0.667. The molecule has 0 atom stereocenters. The van der Waals surface area contributed by atoms with Gasteiger partial charge >= 0.3 is 0 Å². The minimum absolute atomic E-state index is 0.925. The molecule has 0 unspecified atom stereocenters. The zero-order valence-electron chi connectivity index (χ0n) is 8.67. The van der Waals surface area contributed by atoms with Crippen molar-refractivity contribution in [3.8, 4) is 0 Å². The first kappa shape index (κ1) is 11.7. The molecule has 2 heteroatoms. The van der Waals surface area contributed by atoms with Crippen LogP contribution in [0.5, 0.6) is 0 Å². The number of allylic oxidation sites excluding steroid dienone is 3. The summed E-state index contributed by atoms with van der Waals surface area (Å²) in [5.41, 5.74) is 1.87. The second-order valence-corrected chi connectivity index (χ2v) is 2.61. The van der Waals surface area contributed by atoms with Gasteiger partial charge in [-0.2, -0.15) is 0 Å². The minimum atomic E-state index is 0.925. The SMILES string of the molecule is C=C(/C=C\NCC)C(C)=N/C=C\C. The molecule has 0 saturated heterocycles. The molecule has 0 spiro atoms. The van der Waals surface area contributed by atoms with Crippen molar-refractivity contribution in [2.24, 2.45) is 4.99 Å². The number of nitrogens with one attached hydrogen (secondary N) is 1. The van der Waals surface area contributed by atoms with Crippen molar-refractivity contribution in [3.63, 3.8) is 0 Å². The van der Waals surface area contributed by atoms with Gasteiger partial charge in [0.25, 0.3) is 0 Å². The Kier molecular flexibility index (Phi) is 6.60. The van der Waals surface area contributed by atoms with Gasteiger partial charge in [0.05, 0.1) is 0 Å². The van der Waals surface area contributed by atoms with Gasteiger partial charge in [-0.05, 0) is 38.6 Å². The molecular formula is C11H18N2. The van der Waals surface area contributed by atoms with Gasteiger partial charge in [0.15, 0.2) is 0 Å². The van der Waals surface area contributed by atoms with Crippen molar-refractivity contribution in [1.29, 1.82) is 0 Å². The number of hydrogen-bond donors (Lipinski definition) is 1. The Balaban J connectivity index is 4.10. The second-order valence-electron chi connectivity index (χ2n) is 2.61. The maximum atomic E-state index is 4.18. The fourth-order valence-corrected chi connectivity index (χ4v) is 0.667. The first-order valence-corrected chi connectivity index (χ1v) is 4.47. The zero-order chi connectivity index (χ0) is 10.1. The Morgan fingerprint density at radius 1 is 1.54 bits per heavy atom. The third kappa shape index (κ3) is 5.91. The summed E-state index contributed by atoms with van der Waals surface area (Å²) in [6.07, 6.45) is 7.47. The molecule has 0 radical (unpaired) electrons. The first-order valence-electron chi connectivity index (χ1n) is 4.47. The number of nitrogens with zero attached hydrogens (tertiary/aromatic N) is 1. The van der Waals surface area contributed by atoms with Crippen LogP contribution < -0.4 is 5.32 Å². The summed E-state index contributed by atoms with van der Waals surface area (Å²) < 4.78 is 0. The minimum Gasteiger partial charge on any atom is -0.391 e. The van der Waals surface area contributed by atoms with E-state index in [0.717, 1.165) is 17.8 Å². The normalized spacial score (nSPS) is 12.7. The van der Waals surface area contributed by atoms with Crippen LogP contribution in [-0.2, 0) is 0 Å². The van der Waals surface area contributed by atoms with E-state index in [1.54, 1.807) is 6.20 Å². The van der Waals surface area contributed by atoms with Gasteiger partial charge in [-0.3, -0.25) is 4.99 Å². The van der Waals surface area contributed by atoms with E-state index in [-0.39, 0.29) is 0 Å². The summed E-state index contributed by atoms with van der Waals surface area (Å²) in [6, 6.07) is 0. The summed E-state index contributed by atoms with van der Waals surface area (Å²) in [5, 5.41) is 3.08. The van der Waals surface area contributed by atoms with E-state index in [4.69, 9.17) is 0 Å². The molecule has 0 saturated carbocycles. The van der Waals surface area contributed by atoms with Crippen LogP contribution in [0.3, 0.4) is 0 Å². The number of rotatable bonds is 5. The molecule has 1 N–H and O–H groups in total. The smallest absolute Gasteiger partial charge is 0.0439 e. The highest BCUT2D eigenvalue weighted by atomic mass is 14.8. The Morgan fingerprint density at radius 3 is 2.77 bits per heavy atom. The van der Waals surface area contributed by atoms with Crippen LogP contribution in [0.15, 0.2) is 41.7 Å². The van der Waals surface area contributed by atoms with Crippen LogP contribution in [0, 0.1) is 0 Å². The van der Waals surface area contributed by atoms with Gasteiger partial charge < -0.3 is 5.32 Å². The molecule has 0 fully saturated rings. The Morgan fingerprint density at radius 2 is 2.23 bits per heavy atom. The monoisotopic (exact) mass is 178 g/mol. The molecule has 0 aliphatic rings.